The molecule has 50 valence electrons. The highest BCUT2D eigenvalue weighted by Gasteiger charge is 1.92. The van der Waals surface area contributed by atoms with Crippen LogP contribution in [0.3, 0.4) is 0 Å². The maximum atomic E-state index is 5.38. The summed E-state index contributed by atoms with van der Waals surface area (Å²) in [6, 6.07) is 2.19. The van der Waals surface area contributed by atoms with Crippen LogP contribution >= 0.6 is 11.3 Å². The van der Waals surface area contributed by atoms with Gasteiger partial charge >= 0.3 is 0 Å². The molecule has 0 fully saturated rings. The fourth-order valence-corrected chi connectivity index (χ4v) is 1.66. The summed E-state index contributed by atoms with van der Waals surface area (Å²) in [6.45, 7) is 2.87. The van der Waals surface area contributed by atoms with Gasteiger partial charge in [0.15, 0.2) is 0 Å². The minimum Gasteiger partial charge on any atom is -0.330 e. The molecule has 2 N–H and O–H groups in total. The molecule has 0 aliphatic heterocycles. The van der Waals surface area contributed by atoms with Gasteiger partial charge < -0.3 is 5.73 Å². The Morgan fingerprint density at radius 2 is 2.44 bits per heavy atom. The average molecular weight is 141 g/mol. The van der Waals surface area contributed by atoms with Gasteiger partial charge in [-0.2, -0.15) is 0 Å². The molecule has 1 nitrogen and oxygen atoms in total. The Bertz CT molecular complexity index is 181. The summed E-state index contributed by atoms with van der Waals surface area (Å²) in [5, 5.41) is 2.16. The molecule has 0 bridgehead atoms. The van der Waals surface area contributed by atoms with Gasteiger partial charge in [-0.15, -0.1) is 11.3 Å². The third-order valence-electron chi connectivity index (χ3n) is 1.18. The summed E-state index contributed by atoms with van der Waals surface area (Å²) < 4.78 is 0. The monoisotopic (exact) mass is 141 g/mol. The summed E-state index contributed by atoms with van der Waals surface area (Å²) in [5.74, 6) is 0. The highest BCUT2D eigenvalue weighted by molar-refractivity contribution is 7.10. The lowest BCUT2D eigenvalue weighted by molar-refractivity contribution is 0.988. The molecule has 0 aliphatic carbocycles. The van der Waals surface area contributed by atoms with Gasteiger partial charge in [-0.25, -0.2) is 0 Å². The van der Waals surface area contributed by atoms with E-state index in [2.05, 4.69) is 18.4 Å². The third-order valence-corrected chi connectivity index (χ3v) is 2.29. The fraction of sp³-hybridized carbons (Fsp3) is 0.429. The Morgan fingerprint density at radius 3 is 2.89 bits per heavy atom. The summed E-state index contributed by atoms with van der Waals surface area (Å²) in [4.78, 5) is 1.40. The second-order valence-corrected chi connectivity index (χ2v) is 3.12. The van der Waals surface area contributed by atoms with Crippen LogP contribution in [-0.4, -0.2) is 6.54 Å². The second-order valence-electron chi connectivity index (χ2n) is 2.13. The predicted molar refractivity (Wildman–Crippen MR) is 41.8 cm³/mol. The number of thiophene rings is 1. The average Bonchev–Trinajstić information content (AvgIpc) is 2.17. The van der Waals surface area contributed by atoms with Crippen LogP contribution in [0.1, 0.15) is 10.4 Å². The van der Waals surface area contributed by atoms with Crippen molar-refractivity contribution in [1.82, 2.24) is 0 Å². The molecular weight excluding hydrogens is 130 g/mol. The Hall–Kier alpha value is -0.340. The van der Waals surface area contributed by atoms with Crippen molar-refractivity contribution in [3.8, 4) is 0 Å². The van der Waals surface area contributed by atoms with Crippen LogP contribution in [0.5, 0.6) is 0 Å². The van der Waals surface area contributed by atoms with Gasteiger partial charge in [-0.3, -0.25) is 0 Å². The predicted octanol–water partition coefficient (Wildman–Crippen LogP) is 1.56. The smallest absolute Gasteiger partial charge is 0.00605 e. The second kappa shape index (κ2) is 2.99. The van der Waals surface area contributed by atoms with E-state index in [-0.39, 0.29) is 0 Å². The quantitative estimate of drug-likeness (QED) is 0.664. The number of nitrogens with two attached hydrogens (primary N) is 1. The topological polar surface area (TPSA) is 26.0 Å². The van der Waals surface area contributed by atoms with Gasteiger partial charge in [0.2, 0.25) is 0 Å². The van der Waals surface area contributed by atoms with E-state index < -0.39 is 0 Å². The molecule has 0 aromatic carbocycles. The summed E-state index contributed by atoms with van der Waals surface area (Å²) in [7, 11) is 0. The van der Waals surface area contributed by atoms with Crippen LogP contribution in [-0.2, 0) is 6.42 Å². The Labute approximate surface area is 59.5 Å². The largest absolute Gasteiger partial charge is 0.330 e. The van der Waals surface area contributed by atoms with E-state index in [0.717, 1.165) is 13.0 Å². The van der Waals surface area contributed by atoms with Gasteiger partial charge in [0.25, 0.3) is 0 Å². The minimum atomic E-state index is 0.764. The first-order chi connectivity index (χ1) is 4.33. The zero-order valence-corrected chi connectivity index (χ0v) is 6.37. The van der Waals surface area contributed by atoms with Gasteiger partial charge in [0, 0.05) is 4.88 Å². The van der Waals surface area contributed by atoms with Crippen LogP contribution in [0.15, 0.2) is 11.4 Å². The molecule has 0 spiro atoms. The Kier molecular flexibility index (Phi) is 2.25. The molecule has 0 unspecified atom stereocenters. The molecule has 0 amide bonds. The fourth-order valence-electron chi connectivity index (χ4n) is 0.764. The Morgan fingerprint density at radius 1 is 1.67 bits per heavy atom. The van der Waals surface area contributed by atoms with Crippen LogP contribution in [0, 0.1) is 6.92 Å². The van der Waals surface area contributed by atoms with Crippen molar-refractivity contribution < 1.29 is 0 Å². The molecule has 1 heterocycles. The van der Waals surface area contributed by atoms with E-state index >= 15 is 0 Å². The van der Waals surface area contributed by atoms with E-state index in [9.17, 15) is 0 Å². The normalized spacial score (nSPS) is 10.0. The highest BCUT2D eigenvalue weighted by Crippen LogP contribution is 2.12. The molecule has 0 aliphatic rings. The van der Waals surface area contributed by atoms with E-state index in [0.29, 0.717) is 0 Å². The first-order valence-electron chi connectivity index (χ1n) is 3.07. The van der Waals surface area contributed by atoms with Gasteiger partial charge in [-0.1, -0.05) is 0 Å². The zero-order chi connectivity index (χ0) is 6.69. The van der Waals surface area contributed by atoms with Crippen molar-refractivity contribution >= 4 is 11.3 Å². The number of aryl methyl sites for hydroxylation is 1. The molecule has 0 radical (unpaired) electrons. The van der Waals surface area contributed by atoms with Crippen molar-refractivity contribution in [2.75, 3.05) is 6.54 Å². The van der Waals surface area contributed by atoms with Crippen molar-refractivity contribution in [2.24, 2.45) is 5.73 Å². The standard InChI is InChI=1S/C7H11NS/c1-6-4-7(2-3-8)9-5-6/h4-5H,2-3,8H2,1H3. The molecule has 0 saturated heterocycles. The number of rotatable bonds is 2. The lowest BCUT2D eigenvalue weighted by Crippen LogP contribution is -2.00. The van der Waals surface area contributed by atoms with E-state index in [4.69, 9.17) is 5.73 Å². The molecule has 1 aromatic heterocycles. The van der Waals surface area contributed by atoms with Crippen molar-refractivity contribution in [3.63, 3.8) is 0 Å². The molecule has 0 saturated carbocycles. The molecule has 1 aromatic rings. The molecule has 1 rings (SSSR count). The number of hydrogen-bond donors (Lipinski definition) is 1. The van der Waals surface area contributed by atoms with Crippen molar-refractivity contribution in [1.29, 1.82) is 0 Å². The summed E-state index contributed by atoms with van der Waals surface area (Å²) in [6.07, 6.45) is 1.03. The van der Waals surface area contributed by atoms with E-state index in [1.165, 1.54) is 10.4 Å². The van der Waals surface area contributed by atoms with Gasteiger partial charge in [-0.05, 0) is 36.9 Å². The molecule has 9 heavy (non-hydrogen) atoms. The van der Waals surface area contributed by atoms with Crippen molar-refractivity contribution in [3.05, 3.63) is 21.9 Å². The lowest BCUT2D eigenvalue weighted by Gasteiger charge is -1.87. The van der Waals surface area contributed by atoms with Crippen molar-refractivity contribution in [2.45, 2.75) is 13.3 Å². The highest BCUT2D eigenvalue weighted by atomic mass is 32.1. The maximum Gasteiger partial charge on any atom is 0.00605 e. The SMILES string of the molecule is Cc1csc(CCN)c1. The number of hydrogen-bond acceptors (Lipinski definition) is 2. The lowest BCUT2D eigenvalue weighted by atomic mass is 10.3. The molecular formula is C7H11NS. The van der Waals surface area contributed by atoms with Crippen LogP contribution in [0.4, 0.5) is 0 Å². The Balaban J connectivity index is 2.61. The van der Waals surface area contributed by atoms with E-state index in [1.54, 1.807) is 11.3 Å². The van der Waals surface area contributed by atoms with Gasteiger partial charge in [0.1, 0.15) is 0 Å². The van der Waals surface area contributed by atoms with Crippen LogP contribution in [0.2, 0.25) is 0 Å². The summed E-state index contributed by atoms with van der Waals surface area (Å²) in [5.41, 5.74) is 6.73. The van der Waals surface area contributed by atoms with Crippen LogP contribution < -0.4 is 5.73 Å². The van der Waals surface area contributed by atoms with Crippen LogP contribution in [0.25, 0.3) is 0 Å². The molecule has 2 heteroatoms. The third kappa shape index (κ3) is 1.80. The first kappa shape index (κ1) is 6.78. The zero-order valence-electron chi connectivity index (χ0n) is 5.55. The van der Waals surface area contributed by atoms with E-state index in [1.807, 2.05) is 0 Å². The first-order valence-corrected chi connectivity index (χ1v) is 3.95. The maximum absolute atomic E-state index is 5.38. The summed E-state index contributed by atoms with van der Waals surface area (Å²) >= 11 is 1.79. The minimum absolute atomic E-state index is 0.764. The molecule has 0 atom stereocenters. The van der Waals surface area contributed by atoms with Gasteiger partial charge in [0.05, 0.1) is 0 Å².